The monoisotopic (exact) mass is 476 g/mol. The molecule has 33 heavy (non-hydrogen) atoms. The van der Waals surface area contributed by atoms with Gasteiger partial charge in [0.1, 0.15) is 5.75 Å². The Balaban J connectivity index is 1.36. The highest BCUT2D eigenvalue weighted by Crippen LogP contribution is 2.69. The highest BCUT2D eigenvalue weighted by molar-refractivity contribution is 8.00. The number of aromatic amines is 1. The van der Waals surface area contributed by atoms with Gasteiger partial charge < -0.3 is 10.1 Å². The highest BCUT2D eigenvalue weighted by Gasteiger charge is 2.69. The number of hydrogen-bond donors (Lipinski definition) is 2. The lowest BCUT2D eigenvalue weighted by molar-refractivity contribution is -0.123. The number of benzene rings is 2. The Labute approximate surface area is 197 Å². The van der Waals surface area contributed by atoms with Crippen molar-refractivity contribution in [2.45, 2.75) is 22.6 Å². The van der Waals surface area contributed by atoms with Gasteiger partial charge in [-0.1, -0.05) is 47.7 Å². The number of nitrogens with zero attached hydrogens (tertiary/aromatic N) is 1. The molecule has 2 aliphatic heterocycles. The van der Waals surface area contributed by atoms with Gasteiger partial charge in [-0.3, -0.25) is 19.3 Å². The summed E-state index contributed by atoms with van der Waals surface area (Å²) < 4.78 is 0. The predicted molar refractivity (Wildman–Crippen MR) is 126 cm³/mol. The van der Waals surface area contributed by atoms with Crippen LogP contribution >= 0.6 is 23.1 Å². The molecule has 2 aromatic carbocycles. The maximum Gasteiger partial charge on any atom is 0.305 e. The largest absolute Gasteiger partial charge is 0.508 e. The van der Waals surface area contributed by atoms with Crippen molar-refractivity contribution in [3.63, 3.8) is 0 Å². The van der Waals surface area contributed by atoms with Crippen molar-refractivity contribution < 1.29 is 14.7 Å². The number of rotatable bonds is 2. The van der Waals surface area contributed by atoms with Gasteiger partial charge in [0.15, 0.2) is 0 Å². The zero-order valence-corrected chi connectivity index (χ0v) is 19.0. The second kappa shape index (κ2) is 6.84. The number of carbonyl (C=O) groups is 2. The Morgan fingerprint density at radius 3 is 2.36 bits per heavy atom. The molecular formula is C25H20N2O4S2. The molecule has 2 saturated carbocycles. The first-order chi connectivity index (χ1) is 16.0. The normalized spacial score (nSPS) is 33.8. The highest BCUT2D eigenvalue weighted by atomic mass is 32.2. The molecule has 2 N–H and O–H groups in total. The maximum atomic E-state index is 13.6. The molecule has 166 valence electrons. The van der Waals surface area contributed by atoms with Crippen LogP contribution in [0.4, 0.5) is 5.69 Å². The molecule has 2 aliphatic carbocycles. The smallest absolute Gasteiger partial charge is 0.305 e. The van der Waals surface area contributed by atoms with Gasteiger partial charge in [0.05, 0.1) is 22.5 Å². The zero-order valence-electron chi connectivity index (χ0n) is 17.4. The number of aromatic nitrogens is 1. The molecule has 2 amide bonds. The van der Waals surface area contributed by atoms with Crippen LogP contribution < -0.4 is 9.77 Å². The van der Waals surface area contributed by atoms with E-state index in [9.17, 15) is 19.5 Å². The van der Waals surface area contributed by atoms with Crippen LogP contribution in [0.5, 0.6) is 5.75 Å². The van der Waals surface area contributed by atoms with Crippen LogP contribution in [0.3, 0.4) is 0 Å². The average Bonchev–Trinajstić information content (AvgIpc) is 3.54. The number of para-hydroxylation sites is 2. The number of nitrogens with one attached hydrogen (secondary N) is 1. The van der Waals surface area contributed by atoms with E-state index < -0.39 is 0 Å². The van der Waals surface area contributed by atoms with E-state index in [1.807, 2.05) is 42.5 Å². The number of thiazole rings is 1. The summed E-state index contributed by atoms with van der Waals surface area (Å²) in [4.78, 5) is 44.6. The van der Waals surface area contributed by atoms with Crippen molar-refractivity contribution in [1.82, 2.24) is 4.98 Å². The van der Waals surface area contributed by atoms with Crippen LogP contribution in [0.1, 0.15) is 22.8 Å². The number of hydrogen-bond acceptors (Lipinski definition) is 6. The Bertz CT molecular complexity index is 1370. The topological polar surface area (TPSA) is 90.5 Å². The van der Waals surface area contributed by atoms with Gasteiger partial charge in [0.25, 0.3) is 0 Å². The quantitative estimate of drug-likeness (QED) is 0.549. The summed E-state index contributed by atoms with van der Waals surface area (Å²) >= 11 is 2.85. The predicted octanol–water partition coefficient (Wildman–Crippen LogP) is 3.82. The number of phenols is 1. The van der Waals surface area contributed by atoms with Crippen molar-refractivity contribution in [2.24, 2.45) is 29.6 Å². The summed E-state index contributed by atoms with van der Waals surface area (Å²) in [7, 11) is 0. The van der Waals surface area contributed by atoms with E-state index in [2.05, 4.69) is 4.98 Å². The molecule has 0 radical (unpaired) electrons. The Hall–Kier alpha value is -2.84. The first kappa shape index (κ1) is 19.6. The minimum atomic E-state index is -0.338. The van der Waals surface area contributed by atoms with E-state index in [1.54, 1.807) is 23.9 Å². The zero-order chi connectivity index (χ0) is 22.4. The number of aromatic hydroxyl groups is 1. The van der Waals surface area contributed by atoms with Gasteiger partial charge >= 0.3 is 4.87 Å². The molecule has 2 bridgehead atoms. The van der Waals surface area contributed by atoms with Gasteiger partial charge in [-0.25, -0.2) is 0 Å². The van der Waals surface area contributed by atoms with Gasteiger partial charge in [-0.05, 0) is 42.4 Å². The lowest BCUT2D eigenvalue weighted by Crippen LogP contribution is -2.42. The number of phenolic OH excluding ortho intramolecular Hbond substituents is 1. The van der Waals surface area contributed by atoms with E-state index >= 15 is 0 Å². The molecule has 6 nitrogen and oxygen atoms in total. The number of amides is 2. The van der Waals surface area contributed by atoms with Gasteiger partial charge in [0.2, 0.25) is 11.8 Å². The van der Waals surface area contributed by atoms with Crippen LogP contribution in [0, 0.1) is 29.6 Å². The van der Waals surface area contributed by atoms with Crippen LogP contribution in [-0.2, 0) is 9.59 Å². The molecule has 0 unspecified atom stereocenters. The molecule has 3 aromatic rings. The van der Waals surface area contributed by atoms with Gasteiger partial charge in [0, 0.05) is 21.6 Å². The Morgan fingerprint density at radius 1 is 0.909 bits per heavy atom. The van der Waals surface area contributed by atoms with E-state index in [4.69, 9.17) is 0 Å². The van der Waals surface area contributed by atoms with Crippen molar-refractivity contribution in [1.29, 1.82) is 0 Å². The van der Waals surface area contributed by atoms with E-state index in [0.717, 1.165) is 21.9 Å². The fourth-order valence-corrected chi connectivity index (χ4v) is 9.83. The number of carbonyl (C=O) groups excluding carboxylic acids is 2. The number of anilines is 1. The van der Waals surface area contributed by atoms with Crippen molar-refractivity contribution in [3.8, 4) is 5.75 Å². The summed E-state index contributed by atoms with van der Waals surface area (Å²) in [6.07, 6.45) is 0.834. The molecule has 1 saturated heterocycles. The summed E-state index contributed by atoms with van der Waals surface area (Å²) in [5.74, 6) is -0.602. The van der Waals surface area contributed by atoms with Crippen LogP contribution in [0.15, 0.2) is 64.4 Å². The molecule has 8 heteroatoms. The molecule has 0 spiro atoms. The second-order valence-electron chi connectivity index (χ2n) is 9.37. The summed E-state index contributed by atoms with van der Waals surface area (Å²) in [6.45, 7) is 0. The standard InChI is InChI=1S/C25H20N2O4S2/c28-15-9-5-4-8-12(15)16-17-13-10-14(20(17)32-22-21(16)33-25(31)26-22)19-18(13)23(29)27(24(19)30)11-6-2-1-3-7-11/h1-9,13-14,16-20,28H,10H2,(H,26,31)/t13-,14-,16-,17+,18+,19-,20-/m1/s1. The molecule has 3 heterocycles. The summed E-state index contributed by atoms with van der Waals surface area (Å²) in [5.41, 5.74) is 1.43. The SMILES string of the molecule is O=C1[C@@H]2[C@H]3C[C@@H]([C@@H]2C(=O)N1c1ccccc1)[C@H]1[C@@H](c2ccccc2O)c2sc(=O)[nH]c2S[C@H]31. The lowest BCUT2D eigenvalue weighted by Gasteiger charge is -2.43. The molecule has 3 fully saturated rings. The van der Waals surface area contributed by atoms with Crippen LogP contribution in [0.25, 0.3) is 0 Å². The molecule has 7 rings (SSSR count). The molecular weight excluding hydrogens is 456 g/mol. The summed E-state index contributed by atoms with van der Waals surface area (Å²) in [6, 6.07) is 16.5. The molecule has 7 atom stereocenters. The van der Waals surface area contributed by atoms with E-state index in [-0.39, 0.29) is 63.2 Å². The van der Waals surface area contributed by atoms with E-state index in [1.165, 1.54) is 16.2 Å². The van der Waals surface area contributed by atoms with Gasteiger partial charge in [-0.15, -0.1) is 11.8 Å². The fraction of sp³-hybridized carbons (Fsp3) is 0.320. The molecule has 4 aliphatic rings. The third kappa shape index (κ3) is 2.53. The summed E-state index contributed by atoms with van der Waals surface area (Å²) in [5, 5.41) is 11.7. The van der Waals surface area contributed by atoms with E-state index in [0.29, 0.717) is 5.69 Å². The third-order valence-electron chi connectivity index (χ3n) is 8.01. The number of fused-ring (bicyclic) bond motifs is 9. The minimum absolute atomic E-state index is 0.0395. The van der Waals surface area contributed by atoms with Crippen LogP contribution in [-0.4, -0.2) is 27.2 Å². The third-order valence-corrected chi connectivity index (χ3v) is 10.6. The molecule has 1 aromatic heterocycles. The van der Waals surface area contributed by atoms with Crippen molar-refractivity contribution in [3.05, 3.63) is 74.7 Å². The second-order valence-corrected chi connectivity index (χ2v) is 11.6. The first-order valence-corrected chi connectivity index (χ1v) is 12.8. The maximum absolute atomic E-state index is 13.6. The average molecular weight is 477 g/mol. The Morgan fingerprint density at radius 2 is 1.61 bits per heavy atom. The number of thioether (sulfide) groups is 1. The lowest BCUT2D eigenvalue weighted by atomic mass is 9.68. The Kier molecular flexibility index (Phi) is 4.06. The van der Waals surface area contributed by atoms with Crippen LogP contribution in [0.2, 0.25) is 0 Å². The van der Waals surface area contributed by atoms with Crippen molar-refractivity contribution in [2.75, 3.05) is 4.90 Å². The number of H-pyrrole nitrogens is 1. The minimum Gasteiger partial charge on any atom is -0.508 e. The first-order valence-electron chi connectivity index (χ1n) is 11.1. The van der Waals surface area contributed by atoms with Crippen molar-refractivity contribution >= 4 is 40.6 Å². The van der Waals surface area contributed by atoms with Gasteiger partial charge in [-0.2, -0.15) is 0 Å². The fourth-order valence-electron chi connectivity index (χ4n) is 6.95. The number of imide groups is 1.